The van der Waals surface area contributed by atoms with Crippen molar-refractivity contribution in [1.82, 2.24) is 5.32 Å². The fraction of sp³-hybridized carbons (Fsp3) is 0.917. The summed E-state index contributed by atoms with van der Waals surface area (Å²) in [5.41, 5.74) is -0.593. The van der Waals surface area contributed by atoms with E-state index in [9.17, 15) is 10.2 Å². The maximum Gasteiger partial charge on any atom is 0.0645 e. The molecule has 0 rings (SSSR count). The number of nitriles is 1. The van der Waals surface area contributed by atoms with Gasteiger partial charge in [-0.05, 0) is 18.3 Å². The van der Waals surface area contributed by atoms with Gasteiger partial charge in [-0.1, -0.05) is 20.8 Å². The van der Waals surface area contributed by atoms with E-state index in [1.54, 1.807) is 0 Å². The summed E-state index contributed by atoms with van der Waals surface area (Å²) in [4.78, 5) is 0. The van der Waals surface area contributed by atoms with E-state index in [-0.39, 0.29) is 18.6 Å². The van der Waals surface area contributed by atoms with Crippen molar-refractivity contribution in [1.29, 1.82) is 5.26 Å². The summed E-state index contributed by atoms with van der Waals surface area (Å²) in [6.07, 6.45) is 2.02. The number of aliphatic hydroxyl groups is 2. The second kappa shape index (κ2) is 6.85. The minimum Gasteiger partial charge on any atom is -0.394 e. The molecule has 0 aromatic heterocycles. The molecule has 0 spiro atoms. The highest BCUT2D eigenvalue weighted by molar-refractivity contribution is 4.88. The average Bonchev–Trinajstić information content (AvgIpc) is 2.29. The molecule has 3 N–H and O–H groups in total. The number of rotatable bonds is 8. The zero-order chi connectivity index (χ0) is 12.7. The molecular weight excluding hydrogens is 204 g/mol. The zero-order valence-corrected chi connectivity index (χ0v) is 10.6. The molecule has 0 bridgehead atoms. The van der Waals surface area contributed by atoms with Gasteiger partial charge in [0, 0.05) is 13.0 Å². The second-order valence-corrected chi connectivity index (χ2v) is 5.13. The molecule has 94 valence electrons. The molecule has 0 saturated carbocycles. The number of nitrogens with one attached hydrogen (secondary N) is 1. The van der Waals surface area contributed by atoms with Crippen LogP contribution in [0.5, 0.6) is 0 Å². The molecule has 0 saturated heterocycles. The Hall–Kier alpha value is -0.630. The van der Waals surface area contributed by atoms with E-state index < -0.39 is 5.54 Å². The first-order chi connectivity index (χ1) is 7.45. The van der Waals surface area contributed by atoms with Crippen molar-refractivity contribution in [3.8, 4) is 6.07 Å². The fourth-order valence-electron chi connectivity index (χ4n) is 1.42. The van der Waals surface area contributed by atoms with E-state index in [2.05, 4.69) is 25.2 Å². The summed E-state index contributed by atoms with van der Waals surface area (Å²) in [5, 5.41) is 30.3. The lowest BCUT2D eigenvalue weighted by atomic mass is 9.86. The van der Waals surface area contributed by atoms with Crippen LogP contribution < -0.4 is 5.32 Å². The molecule has 16 heavy (non-hydrogen) atoms. The van der Waals surface area contributed by atoms with Crippen molar-refractivity contribution < 1.29 is 10.2 Å². The molecule has 0 aliphatic carbocycles. The lowest BCUT2D eigenvalue weighted by molar-refractivity contribution is 0.0776. The van der Waals surface area contributed by atoms with Crippen molar-refractivity contribution in [2.45, 2.75) is 45.6 Å². The van der Waals surface area contributed by atoms with Gasteiger partial charge < -0.3 is 15.5 Å². The van der Waals surface area contributed by atoms with Crippen molar-refractivity contribution in [3.63, 3.8) is 0 Å². The van der Waals surface area contributed by atoms with E-state index in [0.29, 0.717) is 19.4 Å². The van der Waals surface area contributed by atoms with E-state index in [1.807, 2.05) is 6.92 Å². The minimum absolute atomic E-state index is 0.000486. The standard InChI is InChI=1S/C12H24N2O2/c1-4-12(9-15,10-16)14-8-11(2,3)6-5-7-13/h14-16H,4-6,8-10H2,1-3H3. The first kappa shape index (κ1) is 15.4. The third-order valence-corrected chi connectivity index (χ3v) is 3.14. The topological polar surface area (TPSA) is 76.3 Å². The Kier molecular flexibility index (Phi) is 6.58. The highest BCUT2D eigenvalue weighted by Crippen LogP contribution is 2.22. The molecule has 0 radical (unpaired) electrons. The first-order valence-electron chi connectivity index (χ1n) is 5.79. The molecule has 0 atom stereocenters. The second-order valence-electron chi connectivity index (χ2n) is 5.13. The fourth-order valence-corrected chi connectivity index (χ4v) is 1.42. The summed E-state index contributed by atoms with van der Waals surface area (Å²) in [7, 11) is 0. The first-order valence-corrected chi connectivity index (χ1v) is 5.79. The number of aliphatic hydroxyl groups excluding tert-OH is 2. The van der Waals surface area contributed by atoms with E-state index in [0.717, 1.165) is 6.42 Å². The Morgan fingerprint density at radius 3 is 2.19 bits per heavy atom. The lowest BCUT2D eigenvalue weighted by Gasteiger charge is -2.34. The predicted octanol–water partition coefficient (Wildman–Crippen LogP) is 1.04. The van der Waals surface area contributed by atoms with Gasteiger partial charge in [0.1, 0.15) is 0 Å². The molecule has 0 aliphatic heterocycles. The Bertz CT molecular complexity index is 221. The van der Waals surface area contributed by atoms with Gasteiger partial charge in [-0.2, -0.15) is 5.26 Å². The smallest absolute Gasteiger partial charge is 0.0645 e. The monoisotopic (exact) mass is 228 g/mol. The van der Waals surface area contributed by atoms with Crippen molar-refractivity contribution in [3.05, 3.63) is 0 Å². The van der Waals surface area contributed by atoms with Crippen LogP contribution in [0.3, 0.4) is 0 Å². The maximum absolute atomic E-state index is 9.27. The van der Waals surface area contributed by atoms with E-state index >= 15 is 0 Å². The van der Waals surface area contributed by atoms with Crippen LogP contribution in [-0.4, -0.2) is 35.5 Å². The highest BCUT2D eigenvalue weighted by atomic mass is 16.3. The van der Waals surface area contributed by atoms with Crippen LogP contribution in [0.1, 0.15) is 40.0 Å². The molecule has 4 heteroatoms. The number of hydrogen-bond acceptors (Lipinski definition) is 4. The summed E-state index contributed by atoms with van der Waals surface area (Å²) >= 11 is 0. The summed E-state index contributed by atoms with van der Waals surface area (Å²) in [5.74, 6) is 0. The van der Waals surface area contributed by atoms with Crippen LogP contribution in [0.2, 0.25) is 0 Å². The molecule has 0 heterocycles. The number of hydrogen-bond donors (Lipinski definition) is 3. The van der Waals surface area contributed by atoms with Gasteiger partial charge in [-0.25, -0.2) is 0 Å². The van der Waals surface area contributed by atoms with Crippen LogP contribution in [0.15, 0.2) is 0 Å². The molecule has 0 fully saturated rings. The van der Waals surface area contributed by atoms with Gasteiger partial charge in [0.05, 0.1) is 24.8 Å². The lowest BCUT2D eigenvalue weighted by Crippen LogP contribution is -2.53. The van der Waals surface area contributed by atoms with Gasteiger partial charge in [0.2, 0.25) is 0 Å². The summed E-state index contributed by atoms with van der Waals surface area (Å²) < 4.78 is 0. The van der Waals surface area contributed by atoms with Gasteiger partial charge >= 0.3 is 0 Å². The third kappa shape index (κ3) is 4.93. The Morgan fingerprint density at radius 2 is 1.81 bits per heavy atom. The van der Waals surface area contributed by atoms with Crippen molar-refractivity contribution in [2.24, 2.45) is 5.41 Å². The number of nitrogens with zero attached hydrogens (tertiary/aromatic N) is 1. The normalized spacial score (nSPS) is 12.5. The van der Waals surface area contributed by atoms with Gasteiger partial charge in [-0.3, -0.25) is 0 Å². The molecule has 0 unspecified atom stereocenters. The van der Waals surface area contributed by atoms with Crippen LogP contribution in [0.4, 0.5) is 0 Å². The van der Waals surface area contributed by atoms with Crippen LogP contribution in [-0.2, 0) is 0 Å². The molecule has 0 aromatic carbocycles. The Morgan fingerprint density at radius 1 is 1.25 bits per heavy atom. The SMILES string of the molecule is CCC(CO)(CO)NCC(C)(C)CCC#N. The maximum atomic E-state index is 9.27. The molecule has 0 aliphatic rings. The van der Waals surface area contributed by atoms with Crippen LogP contribution in [0, 0.1) is 16.7 Å². The van der Waals surface area contributed by atoms with Gasteiger partial charge in [0.15, 0.2) is 0 Å². The van der Waals surface area contributed by atoms with Crippen LogP contribution >= 0.6 is 0 Å². The van der Waals surface area contributed by atoms with Crippen molar-refractivity contribution >= 4 is 0 Å². The molecule has 0 aromatic rings. The predicted molar refractivity (Wildman–Crippen MR) is 63.8 cm³/mol. The summed E-state index contributed by atoms with van der Waals surface area (Å²) in [6, 6.07) is 2.14. The third-order valence-electron chi connectivity index (χ3n) is 3.14. The summed E-state index contributed by atoms with van der Waals surface area (Å²) in [6.45, 7) is 6.62. The Labute approximate surface area is 98.3 Å². The molecular formula is C12H24N2O2. The highest BCUT2D eigenvalue weighted by Gasteiger charge is 2.28. The molecule has 0 amide bonds. The van der Waals surface area contributed by atoms with Gasteiger partial charge in [0.25, 0.3) is 0 Å². The zero-order valence-electron chi connectivity index (χ0n) is 10.6. The van der Waals surface area contributed by atoms with Crippen molar-refractivity contribution in [2.75, 3.05) is 19.8 Å². The molecule has 4 nitrogen and oxygen atoms in total. The van der Waals surface area contributed by atoms with E-state index in [1.165, 1.54) is 0 Å². The largest absolute Gasteiger partial charge is 0.394 e. The van der Waals surface area contributed by atoms with E-state index in [4.69, 9.17) is 5.26 Å². The Balaban J connectivity index is 4.24. The average molecular weight is 228 g/mol. The minimum atomic E-state index is -0.593. The van der Waals surface area contributed by atoms with Crippen LogP contribution in [0.25, 0.3) is 0 Å². The van der Waals surface area contributed by atoms with Gasteiger partial charge in [-0.15, -0.1) is 0 Å². The quantitative estimate of drug-likeness (QED) is 0.580.